The lowest BCUT2D eigenvalue weighted by molar-refractivity contribution is 0.291. The van der Waals surface area contributed by atoms with Gasteiger partial charge in [-0.1, -0.05) is 59.6 Å². The topological polar surface area (TPSA) is 71.7 Å². The smallest absolute Gasteiger partial charge is 0.252 e. The van der Waals surface area contributed by atoms with Crippen LogP contribution in [-0.4, -0.2) is 15.0 Å². The molecule has 0 aliphatic rings. The first-order valence-corrected chi connectivity index (χ1v) is 9.68. The quantitative estimate of drug-likeness (QED) is 0.425. The molecule has 0 spiro atoms. The molecule has 4 rings (SSSR count). The first-order chi connectivity index (χ1) is 14.6. The Labute approximate surface area is 179 Å². The van der Waals surface area contributed by atoms with Gasteiger partial charge in [0.2, 0.25) is 5.69 Å². The molecule has 2 heterocycles. The van der Waals surface area contributed by atoms with Crippen LogP contribution in [0.15, 0.2) is 73.1 Å². The fraction of sp³-hybridized carbons (Fsp3) is 0.0833. The van der Waals surface area contributed by atoms with Crippen LogP contribution in [0.25, 0.3) is 22.5 Å². The number of rotatable bonds is 5. The maximum Gasteiger partial charge on any atom is 0.252 e. The molecule has 6 heteroatoms. The summed E-state index contributed by atoms with van der Waals surface area (Å²) in [6, 6.07) is 21.1. The number of hydrogen-bond acceptors (Lipinski definition) is 5. The molecule has 0 bridgehead atoms. The van der Waals surface area contributed by atoms with E-state index in [0.29, 0.717) is 16.4 Å². The van der Waals surface area contributed by atoms with E-state index in [-0.39, 0.29) is 18.2 Å². The molecule has 0 unspecified atom stereocenters. The molecule has 0 atom stereocenters. The van der Waals surface area contributed by atoms with Crippen molar-refractivity contribution in [2.75, 3.05) is 0 Å². The van der Waals surface area contributed by atoms with Crippen molar-refractivity contribution in [1.82, 2.24) is 15.0 Å². The van der Waals surface area contributed by atoms with E-state index >= 15 is 0 Å². The SMILES string of the molecule is Cc1ccc(-c2nc(OCc3cccnc3)c(C#N)nc2-c2ccc(Cl)cc2)cc1. The second kappa shape index (κ2) is 8.73. The minimum absolute atomic E-state index is 0.125. The standard InChI is InChI=1S/C24H17ClN4O/c1-16-4-6-18(7-5-16)23-22(19-8-10-20(25)11-9-19)28-21(13-26)24(29-23)30-15-17-3-2-12-27-14-17/h2-12,14H,15H2,1H3. The van der Waals surface area contributed by atoms with Gasteiger partial charge in [-0.2, -0.15) is 5.26 Å². The third kappa shape index (κ3) is 4.29. The Kier molecular flexibility index (Phi) is 5.69. The van der Waals surface area contributed by atoms with Gasteiger partial charge in [-0.05, 0) is 25.1 Å². The average Bonchev–Trinajstić information content (AvgIpc) is 2.79. The molecule has 146 valence electrons. The van der Waals surface area contributed by atoms with E-state index in [1.54, 1.807) is 24.5 Å². The number of nitrogens with zero attached hydrogens (tertiary/aromatic N) is 4. The van der Waals surface area contributed by atoms with Crippen LogP contribution in [0.5, 0.6) is 5.88 Å². The van der Waals surface area contributed by atoms with Crippen LogP contribution < -0.4 is 4.74 Å². The van der Waals surface area contributed by atoms with Crippen LogP contribution in [0.2, 0.25) is 5.02 Å². The Hall–Kier alpha value is -3.75. The van der Waals surface area contributed by atoms with Gasteiger partial charge in [0.1, 0.15) is 18.4 Å². The van der Waals surface area contributed by atoms with Crippen molar-refractivity contribution in [3.05, 3.63) is 94.9 Å². The van der Waals surface area contributed by atoms with Crippen LogP contribution in [0, 0.1) is 18.3 Å². The lowest BCUT2D eigenvalue weighted by atomic mass is 10.0. The molecule has 0 aliphatic heterocycles. The predicted molar refractivity (Wildman–Crippen MR) is 116 cm³/mol. The number of nitriles is 1. The Balaban J connectivity index is 1.82. The minimum Gasteiger partial charge on any atom is -0.471 e. The van der Waals surface area contributed by atoms with Crippen LogP contribution in [0.1, 0.15) is 16.8 Å². The highest BCUT2D eigenvalue weighted by Gasteiger charge is 2.18. The van der Waals surface area contributed by atoms with Gasteiger partial charge >= 0.3 is 0 Å². The van der Waals surface area contributed by atoms with Gasteiger partial charge in [-0.25, -0.2) is 9.97 Å². The van der Waals surface area contributed by atoms with Crippen LogP contribution in [0.3, 0.4) is 0 Å². The monoisotopic (exact) mass is 412 g/mol. The van der Waals surface area contributed by atoms with E-state index in [1.165, 1.54) is 0 Å². The van der Waals surface area contributed by atoms with Gasteiger partial charge in [-0.15, -0.1) is 0 Å². The molecular formula is C24H17ClN4O. The Morgan fingerprint density at radius 3 is 2.23 bits per heavy atom. The maximum atomic E-state index is 9.66. The molecule has 0 saturated carbocycles. The molecule has 0 saturated heterocycles. The maximum absolute atomic E-state index is 9.66. The summed E-state index contributed by atoms with van der Waals surface area (Å²) in [7, 11) is 0. The fourth-order valence-electron chi connectivity index (χ4n) is 2.95. The zero-order valence-corrected chi connectivity index (χ0v) is 17.0. The van der Waals surface area contributed by atoms with Crippen molar-refractivity contribution in [3.8, 4) is 34.5 Å². The highest BCUT2D eigenvalue weighted by Crippen LogP contribution is 2.33. The summed E-state index contributed by atoms with van der Waals surface area (Å²) < 4.78 is 5.85. The number of hydrogen-bond donors (Lipinski definition) is 0. The fourth-order valence-corrected chi connectivity index (χ4v) is 3.08. The zero-order chi connectivity index (χ0) is 20.9. The number of aromatic nitrogens is 3. The second-order valence-electron chi connectivity index (χ2n) is 6.71. The summed E-state index contributed by atoms with van der Waals surface area (Å²) >= 11 is 6.04. The van der Waals surface area contributed by atoms with Crippen molar-refractivity contribution < 1.29 is 4.74 Å². The number of aryl methyl sites for hydroxylation is 1. The van der Waals surface area contributed by atoms with Crippen LogP contribution >= 0.6 is 11.6 Å². The van der Waals surface area contributed by atoms with Gasteiger partial charge in [0.05, 0.1) is 5.69 Å². The van der Waals surface area contributed by atoms with Gasteiger partial charge in [-0.3, -0.25) is 4.98 Å². The van der Waals surface area contributed by atoms with Crippen molar-refractivity contribution in [3.63, 3.8) is 0 Å². The number of halogens is 1. The average molecular weight is 413 g/mol. The molecule has 2 aromatic heterocycles. The molecule has 0 amide bonds. The summed E-state index contributed by atoms with van der Waals surface area (Å²) in [6.07, 6.45) is 3.41. The normalized spacial score (nSPS) is 10.4. The van der Waals surface area contributed by atoms with E-state index in [9.17, 15) is 5.26 Å². The van der Waals surface area contributed by atoms with Crippen molar-refractivity contribution in [1.29, 1.82) is 5.26 Å². The molecular weight excluding hydrogens is 396 g/mol. The highest BCUT2D eigenvalue weighted by molar-refractivity contribution is 6.30. The Morgan fingerprint density at radius 2 is 1.60 bits per heavy atom. The summed E-state index contributed by atoms with van der Waals surface area (Å²) in [5.41, 5.74) is 5.08. The van der Waals surface area contributed by atoms with Gasteiger partial charge in [0.25, 0.3) is 5.88 Å². The largest absolute Gasteiger partial charge is 0.471 e. The molecule has 0 fully saturated rings. The third-order valence-corrected chi connectivity index (χ3v) is 4.76. The lowest BCUT2D eigenvalue weighted by Gasteiger charge is -2.13. The number of ether oxygens (including phenoxy) is 1. The molecule has 5 nitrogen and oxygen atoms in total. The van der Waals surface area contributed by atoms with E-state index in [1.807, 2.05) is 55.5 Å². The van der Waals surface area contributed by atoms with Gasteiger partial charge in [0.15, 0.2) is 0 Å². The molecule has 4 aromatic rings. The Morgan fingerprint density at radius 1 is 0.933 bits per heavy atom. The molecule has 30 heavy (non-hydrogen) atoms. The van der Waals surface area contributed by atoms with Crippen molar-refractivity contribution in [2.24, 2.45) is 0 Å². The highest BCUT2D eigenvalue weighted by atomic mass is 35.5. The molecule has 2 aromatic carbocycles. The van der Waals surface area contributed by atoms with Crippen LogP contribution in [0.4, 0.5) is 0 Å². The van der Waals surface area contributed by atoms with E-state index in [4.69, 9.17) is 21.3 Å². The van der Waals surface area contributed by atoms with Gasteiger partial charge in [0, 0.05) is 34.1 Å². The van der Waals surface area contributed by atoms with E-state index in [2.05, 4.69) is 16.0 Å². The van der Waals surface area contributed by atoms with Crippen molar-refractivity contribution in [2.45, 2.75) is 13.5 Å². The van der Waals surface area contributed by atoms with E-state index in [0.717, 1.165) is 22.3 Å². The lowest BCUT2D eigenvalue weighted by Crippen LogP contribution is -2.04. The third-order valence-electron chi connectivity index (χ3n) is 4.51. The number of benzene rings is 2. The first kappa shape index (κ1) is 19.6. The summed E-state index contributed by atoms with van der Waals surface area (Å²) in [6.45, 7) is 2.27. The summed E-state index contributed by atoms with van der Waals surface area (Å²) in [5, 5.41) is 10.3. The Bertz CT molecular complexity index is 1200. The molecule has 0 radical (unpaired) electrons. The zero-order valence-electron chi connectivity index (χ0n) is 16.2. The minimum atomic E-state index is 0.125. The van der Waals surface area contributed by atoms with Crippen molar-refractivity contribution >= 4 is 11.6 Å². The second-order valence-corrected chi connectivity index (χ2v) is 7.15. The molecule has 0 aliphatic carbocycles. The van der Waals surface area contributed by atoms with E-state index < -0.39 is 0 Å². The summed E-state index contributed by atoms with van der Waals surface area (Å²) in [5.74, 6) is 0.189. The van der Waals surface area contributed by atoms with Crippen LogP contribution in [-0.2, 0) is 6.61 Å². The van der Waals surface area contributed by atoms with Gasteiger partial charge < -0.3 is 4.74 Å². The molecule has 0 N–H and O–H groups in total. The predicted octanol–water partition coefficient (Wildman–Crippen LogP) is 5.62. The summed E-state index contributed by atoms with van der Waals surface area (Å²) in [4.78, 5) is 13.4. The number of pyridine rings is 1. The first-order valence-electron chi connectivity index (χ1n) is 9.31.